The van der Waals surface area contributed by atoms with E-state index in [0.717, 1.165) is 18.8 Å². The van der Waals surface area contributed by atoms with Crippen LogP contribution in [0.2, 0.25) is 5.02 Å². The molecule has 0 aliphatic carbocycles. The lowest BCUT2D eigenvalue weighted by Gasteiger charge is -2.42. The lowest BCUT2D eigenvalue weighted by Crippen LogP contribution is -2.53. The average molecular weight is 359 g/mol. The molecule has 1 fully saturated rings. The van der Waals surface area contributed by atoms with Gasteiger partial charge >= 0.3 is 0 Å². The smallest absolute Gasteiger partial charge is 0.248 e. The Labute approximate surface area is 148 Å². The molecular formula is C16H27ClN4O3. The summed E-state index contributed by atoms with van der Waals surface area (Å²) in [5.74, 6) is -0.0522. The Hall–Kier alpha value is -1.15. The first kappa shape index (κ1) is 19.2. The third-order valence-electron chi connectivity index (χ3n) is 3.96. The van der Waals surface area contributed by atoms with Crippen LogP contribution in [0.15, 0.2) is 6.20 Å². The van der Waals surface area contributed by atoms with Crippen LogP contribution in [-0.2, 0) is 27.9 Å². The molecule has 0 saturated carbocycles. The number of likely N-dealkylation sites (N-methyl/N-ethyl adjacent to an activating group) is 1. The van der Waals surface area contributed by atoms with Crippen molar-refractivity contribution in [2.45, 2.75) is 32.1 Å². The third-order valence-corrected chi connectivity index (χ3v) is 4.28. The monoisotopic (exact) mass is 358 g/mol. The molecule has 1 aromatic rings. The first-order valence-electron chi connectivity index (χ1n) is 8.02. The molecule has 8 heteroatoms. The fourth-order valence-corrected chi connectivity index (χ4v) is 3.08. The fraction of sp³-hybridized carbons (Fsp3) is 0.750. The number of ether oxygens (including phenoxy) is 2. The van der Waals surface area contributed by atoms with Crippen LogP contribution < -0.4 is 0 Å². The number of hydrogen-bond donors (Lipinski definition) is 0. The minimum atomic E-state index is -0.289. The van der Waals surface area contributed by atoms with Crippen molar-refractivity contribution in [3.05, 3.63) is 16.9 Å². The topological polar surface area (TPSA) is 59.8 Å². The zero-order valence-electron chi connectivity index (χ0n) is 15.1. The summed E-state index contributed by atoms with van der Waals surface area (Å²) in [6, 6.07) is 0. The van der Waals surface area contributed by atoms with Gasteiger partial charge in [-0.3, -0.25) is 14.4 Å². The zero-order valence-corrected chi connectivity index (χ0v) is 15.8. The average Bonchev–Trinajstić information content (AvgIpc) is 2.77. The predicted octanol–water partition coefficient (Wildman–Crippen LogP) is 1.16. The Balaban J connectivity index is 1.93. The quantitative estimate of drug-likeness (QED) is 0.763. The number of morpholine rings is 1. The zero-order chi connectivity index (χ0) is 17.9. The molecule has 1 aliphatic rings. The lowest BCUT2D eigenvalue weighted by molar-refractivity contribution is -0.161. The molecule has 1 aliphatic heterocycles. The van der Waals surface area contributed by atoms with Crippen molar-refractivity contribution in [3.63, 3.8) is 0 Å². The number of rotatable bonds is 6. The summed E-state index contributed by atoms with van der Waals surface area (Å²) in [7, 11) is 5.32. The van der Waals surface area contributed by atoms with Crippen LogP contribution in [0.5, 0.6) is 0 Å². The van der Waals surface area contributed by atoms with Crippen molar-refractivity contribution in [1.82, 2.24) is 19.6 Å². The van der Waals surface area contributed by atoms with Crippen LogP contribution in [0.4, 0.5) is 0 Å². The van der Waals surface area contributed by atoms with Gasteiger partial charge in [0.15, 0.2) is 0 Å². The maximum atomic E-state index is 11.6. The van der Waals surface area contributed by atoms with Crippen molar-refractivity contribution in [1.29, 1.82) is 0 Å². The Bertz CT molecular complexity index is 554. The first-order valence-corrected chi connectivity index (χ1v) is 8.40. The Morgan fingerprint density at radius 2 is 2.25 bits per heavy atom. The summed E-state index contributed by atoms with van der Waals surface area (Å²) in [5, 5.41) is 4.85. The molecule has 7 nitrogen and oxygen atoms in total. The van der Waals surface area contributed by atoms with Gasteiger partial charge in [0.05, 0.1) is 35.2 Å². The van der Waals surface area contributed by atoms with Crippen molar-refractivity contribution in [2.24, 2.45) is 7.05 Å². The van der Waals surface area contributed by atoms with Crippen LogP contribution in [0, 0.1) is 0 Å². The van der Waals surface area contributed by atoms with Gasteiger partial charge in [0.25, 0.3) is 0 Å². The highest BCUT2D eigenvalue weighted by molar-refractivity contribution is 6.31. The van der Waals surface area contributed by atoms with Crippen molar-refractivity contribution < 1.29 is 14.3 Å². The van der Waals surface area contributed by atoms with Crippen LogP contribution in [-0.4, -0.2) is 77.6 Å². The molecule has 0 N–H and O–H groups in total. The molecular weight excluding hydrogens is 332 g/mol. The normalized spacial score (nSPS) is 21.0. The SMILES string of the molecule is CN(C)C(=O)COC[C@H]1CN(Cc2c(Cl)cnn2C)CC(C)(C)O1. The summed E-state index contributed by atoms with van der Waals surface area (Å²) in [6.45, 7) is 6.79. The van der Waals surface area contributed by atoms with Crippen molar-refractivity contribution in [3.8, 4) is 0 Å². The highest BCUT2D eigenvalue weighted by Crippen LogP contribution is 2.24. The van der Waals surface area contributed by atoms with E-state index in [4.69, 9.17) is 21.1 Å². The molecule has 1 atom stereocenters. The number of nitrogens with zero attached hydrogens (tertiary/aromatic N) is 4. The highest BCUT2D eigenvalue weighted by atomic mass is 35.5. The second-order valence-corrected chi connectivity index (χ2v) is 7.44. The first-order chi connectivity index (χ1) is 11.2. The number of aryl methyl sites for hydroxylation is 1. The molecule has 0 spiro atoms. The van der Waals surface area contributed by atoms with Gasteiger partial charge in [0, 0.05) is 40.8 Å². The highest BCUT2D eigenvalue weighted by Gasteiger charge is 2.34. The molecule has 0 bridgehead atoms. The molecule has 2 heterocycles. The molecule has 1 aromatic heterocycles. The Morgan fingerprint density at radius 3 is 2.83 bits per heavy atom. The number of amides is 1. The number of hydrogen-bond acceptors (Lipinski definition) is 5. The molecule has 136 valence electrons. The van der Waals surface area contributed by atoms with Gasteiger partial charge in [0.1, 0.15) is 6.61 Å². The molecule has 1 amide bonds. The van der Waals surface area contributed by atoms with E-state index in [2.05, 4.69) is 23.8 Å². The minimum Gasteiger partial charge on any atom is -0.369 e. The van der Waals surface area contributed by atoms with E-state index in [-0.39, 0.29) is 24.2 Å². The summed E-state index contributed by atoms with van der Waals surface area (Å²) in [6.07, 6.45) is 1.58. The van der Waals surface area contributed by atoms with Gasteiger partial charge in [-0.25, -0.2) is 0 Å². The molecule has 0 aromatic carbocycles. The van der Waals surface area contributed by atoms with Gasteiger partial charge in [-0.15, -0.1) is 0 Å². The minimum absolute atomic E-state index is 0.0522. The number of halogens is 1. The predicted molar refractivity (Wildman–Crippen MR) is 92.0 cm³/mol. The third kappa shape index (κ3) is 5.17. The van der Waals surface area contributed by atoms with Gasteiger partial charge in [-0.2, -0.15) is 5.10 Å². The Morgan fingerprint density at radius 1 is 1.54 bits per heavy atom. The fourth-order valence-electron chi connectivity index (χ4n) is 2.86. The van der Waals surface area contributed by atoms with Crippen LogP contribution >= 0.6 is 11.6 Å². The van der Waals surface area contributed by atoms with Gasteiger partial charge in [-0.05, 0) is 13.8 Å². The molecule has 24 heavy (non-hydrogen) atoms. The summed E-state index contributed by atoms with van der Waals surface area (Å²) < 4.78 is 13.4. The summed E-state index contributed by atoms with van der Waals surface area (Å²) in [4.78, 5) is 15.4. The van der Waals surface area contributed by atoms with Crippen molar-refractivity contribution >= 4 is 17.5 Å². The van der Waals surface area contributed by atoms with Crippen LogP contribution in [0.25, 0.3) is 0 Å². The molecule has 0 unspecified atom stereocenters. The van der Waals surface area contributed by atoms with Crippen molar-refractivity contribution in [2.75, 3.05) is 40.4 Å². The molecule has 0 radical (unpaired) electrons. The summed E-state index contributed by atoms with van der Waals surface area (Å²) >= 11 is 6.21. The van der Waals surface area contributed by atoms with Crippen LogP contribution in [0.3, 0.4) is 0 Å². The maximum Gasteiger partial charge on any atom is 0.248 e. The van der Waals surface area contributed by atoms with Gasteiger partial charge < -0.3 is 14.4 Å². The largest absolute Gasteiger partial charge is 0.369 e. The Kier molecular flexibility index (Phi) is 6.25. The van der Waals surface area contributed by atoms with Gasteiger partial charge in [-0.1, -0.05) is 11.6 Å². The van der Waals surface area contributed by atoms with E-state index in [1.54, 1.807) is 25.0 Å². The standard InChI is InChI=1S/C16H27ClN4O3/c1-16(2)11-21(8-14-13(17)6-18-20(14)5)7-12(24-16)9-23-10-15(22)19(3)4/h6,12H,7-11H2,1-5H3/t12-/m1/s1. The number of aromatic nitrogens is 2. The summed E-state index contributed by atoms with van der Waals surface area (Å²) in [5.41, 5.74) is 0.694. The van der Waals surface area contributed by atoms with Gasteiger partial charge in [0.2, 0.25) is 5.91 Å². The molecule has 1 saturated heterocycles. The van der Waals surface area contributed by atoms with E-state index in [1.807, 2.05) is 7.05 Å². The number of carbonyl (C=O) groups is 1. The van der Waals surface area contributed by atoms with E-state index >= 15 is 0 Å². The maximum absolute atomic E-state index is 11.6. The van der Waals surface area contributed by atoms with E-state index in [1.165, 1.54) is 4.90 Å². The second-order valence-electron chi connectivity index (χ2n) is 7.04. The lowest BCUT2D eigenvalue weighted by atomic mass is 10.1. The molecule has 2 rings (SSSR count). The number of carbonyl (C=O) groups excluding carboxylic acids is 1. The van der Waals surface area contributed by atoms with Crippen LogP contribution in [0.1, 0.15) is 19.5 Å². The second kappa shape index (κ2) is 7.82. The van der Waals surface area contributed by atoms with E-state index in [9.17, 15) is 4.79 Å². The van der Waals surface area contributed by atoms with E-state index in [0.29, 0.717) is 18.2 Å². The van der Waals surface area contributed by atoms with E-state index < -0.39 is 0 Å².